The van der Waals surface area contributed by atoms with Gasteiger partial charge in [0.2, 0.25) is 0 Å². The Hall–Kier alpha value is -1.81. The molecule has 0 fully saturated rings. The van der Waals surface area contributed by atoms with Crippen molar-refractivity contribution in [1.29, 1.82) is 0 Å². The molecule has 0 saturated heterocycles. The summed E-state index contributed by atoms with van der Waals surface area (Å²) in [7, 11) is 0. The minimum Gasteiger partial charge on any atom is -0.388 e. The second kappa shape index (κ2) is 3.93. The third kappa shape index (κ3) is 1.75. The Morgan fingerprint density at radius 2 is 1.86 bits per heavy atom. The van der Waals surface area contributed by atoms with E-state index in [4.69, 9.17) is 5.11 Å². The minimum absolute atomic E-state index is 0.140. The summed E-state index contributed by atoms with van der Waals surface area (Å²) in [6.45, 7) is -0.140. The van der Waals surface area contributed by atoms with Crippen molar-refractivity contribution in [2.24, 2.45) is 0 Å². The number of rotatable bonds is 2. The zero-order valence-electron chi connectivity index (χ0n) is 7.46. The van der Waals surface area contributed by atoms with E-state index < -0.39 is 0 Å². The zero-order chi connectivity index (χ0) is 9.80. The van der Waals surface area contributed by atoms with Crippen LogP contribution in [0.25, 0.3) is 11.3 Å². The van der Waals surface area contributed by atoms with Gasteiger partial charge in [-0.2, -0.15) is 0 Å². The van der Waals surface area contributed by atoms with Crippen molar-refractivity contribution in [3.63, 3.8) is 0 Å². The summed E-state index contributed by atoms with van der Waals surface area (Å²) in [4.78, 5) is 12.0. The lowest BCUT2D eigenvalue weighted by Gasteiger charge is -2.00. The first kappa shape index (κ1) is 8.77. The average molecular weight is 187 g/mol. The molecule has 0 unspecified atom stereocenters. The van der Waals surface area contributed by atoms with Crippen molar-refractivity contribution < 1.29 is 5.11 Å². The van der Waals surface area contributed by atoms with E-state index in [1.807, 2.05) is 12.1 Å². The molecule has 0 radical (unpaired) electrons. The maximum Gasteiger partial charge on any atom is 0.154 e. The first-order chi connectivity index (χ1) is 6.90. The van der Waals surface area contributed by atoms with Crippen LogP contribution in [-0.2, 0) is 6.61 Å². The smallest absolute Gasteiger partial charge is 0.154 e. The maximum absolute atomic E-state index is 8.87. The molecular weight excluding hydrogens is 178 g/mol. The van der Waals surface area contributed by atoms with Crippen molar-refractivity contribution >= 4 is 0 Å². The second-order valence-corrected chi connectivity index (χ2v) is 2.75. The number of hydrogen-bond acceptors (Lipinski definition) is 4. The van der Waals surface area contributed by atoms with E-state index >= 15 is 0 Å². The van der Waals surface area contributed by atoms with Gasteiger partial charge in [-0.1, -0.05) is 0 Å². The van der Waals surface area contributed by atoms with Crippen LogP contribution in [0.3, 0.4) is 0 Å². The number of nitrogens with zero attached hydrogens (tertiary/aromatic N) is 3. The standard InChI is InChI=1S/C10H9N3O/c14-7-10-12-6-3-9(13-10)8-1-4-11-5-2-8/h1-6,14H,7H2. The predicted molar refractivity (Wildman–Crippen MR) is 51.2 cm³/mol. The Balaban J connectivity index is 2.42. The van der Waals surface area contributed by atoms with Gasteiger partial charge in [0.05, 0.1) is 5.69 Å². The lowest BCUT2D eigenvalue weighted by Crippen LogP contribution is -1.95. The van der Waals surface area contributed by atoms with Crippen LogP contribution < -0.4 is 0 Å². The topological polar surface area (TPSA) is 58.9 Å². The average Bonchev–Trinajstić information content (AvgIpc) is 2.30. The van der Waals surface area contributed by atoms with Crippen molar-refractivity contribution in [3.05, 3.63) is 42.6 Å². The summed E-state index contributed by atoms with van der Waals surface area (Å²) >= 11 is 0. The summed E-state index contributed by atoms with van der Waals surface area (Å²) in [5.74, 6) is 0.430. The van der Waals surface area contributed by atoms with Gasteiger partial charge in [0.15, 0.2) is 5.82 Å². The summed E-state index contributed by atoms with van der Waals surface area (Å²) in [5, 5.41) is 8.87. The van der Waals surface area contributed by atoms with Crippen molar-refractivity contribution in [3.8, 4) is 11.3 Å². The molecule has 0 aliphatic heterocycles. The van der Waals surface area contributed by atoms with Gasteiger partial charge >= 0.3 is 0 Å². The van der Waals surface area contributed by atoms with Crippen LogP contribution in [0.1, 0.15) is 5.82 Å². The first-order valence-electron chi connectivity index (χ1n) is 4.23. The van der Waals surface area contributed by atoms with Crippen molar-refractivity contribution in [2.45, 2.75) is 6.61 Å². The van der Waals surface area contributed by atoms with E-state index in [1.54, 1.807) is 24.7 Å². The molecule has 70 valence electrons. The molecule has 4 nitrogen and oxygen atoms in total. The van der Waals surface area contributed by atoms with Crippen LogP contribution >= 0.6 is 0 Å². The van der Waals surface area contributed by atoms with Gasteiger partial charge in [-0.25, -0.2) is 9.97 Å². The molecule has 1 N–H and O–H groups in total. The molecule has 0 atom stereocenters. The largest absolute Gasteiger partial charge is 0.388 e. The Labute approximate surface area is 81.3 Å². The summed E-state index contributed by atoms with van der Waals surface area (Å²) < 4.78 is 0. The molecular formula is C10H9N3O. The highest BCUT2D eigenvalue weighted by molar-refractivity contribution is 5.57. The molecule has 0 aliphatic rings. The molecule has 0 spiro atoms. The fourth-order valence-corrected chi connectivity index (χ4v) is 1.16. The zero-order valence-corrected chi connectivity index (χ0v) is 7.46. The van der Waals surface area contributed by atoms with Crippen LogP contribution in [0.15, 0.2) is 36.8 Å². The number of pyridine rings is 1. The first-order valence-corrected chi connectivity index (χ1v) is 4.23. The second-order valence-electron chi connectivity index (χ2n) is 2.75. The highest BCUT2D eigenvalue weighted by Gasteiger charge is 1.99. The molecule has 0 aromatic carbocycles. The summed E-state index contributed by atoms with van der Waals surface area (Å²) in [6.07, 6.45) is 5.04. The van der Waals surface area contributed by atoms with Gasteiger partial charge in [0, 0.05) is 24.2 Å². The molecule has 0 amide bonds. The molecule has 2 heterocycles. The predicted octanol–water partition coefficient (Wildman–Crippen LogP) is 1.03. The monoisotopic (exact) mass is 187 g/mol. The van der Waals surface area contributed by atoms with Gasteiger partial charge in [-0.3, -0.25) is 4.98 Å². The Kier molecular flexibility index (Phi) is 2.46. The van der Waals surface area contributed by atoms with Crippen LogP contribution in [0.4, 0.5) is 0 Å². The number of aliphatic hydroxyl groups is 1. The molecule has 2 rings (SSSR count). The third-order valence-electron chi connectivity index (χ3n) is 1.82. The van der Waals surface area contributed by atoms with E-state index in [0.717, 1.165) is 11.3 Å². The normalized spacial score (nSPS) is 10.1. The van der Waals surface area contributed by atoms with Gasteiger partial charge in [-0.15, -0.1) is 0 Å². The highest BCUT2D eigenvalue weighted by Crippen LogP contribution is 2.14. The quantitative estimate of drug-likeness (QED) is 0.762. The van der Waals surface area contributed by atoms with Crippen molar-refractivity contribution in [1.82, 2.24) is 15.0 Å². The SMILES string of the molecule is OCc1nccc(-c2ccncc2)n1. The lowest BCUT2D eigenvalue weighted by molar-refractivity contribution is 0.271. The van der Waals surface area contributed by atoms with Crippen LogP contribution in [-0.4, -0.2) is 20.1 Å². The molecule has 14 heavy (non-hydrogen) atoms. The minimum atomic E-state index is -0.140. The van der Waals surface area contributed by atoms with Crippen LogP contribution in [0, 0.1) is 0 Å². The molecule has 0 bridgehead atoms. The molecule has 0 aliphatic carbocycles. The van der Waals surface area contributed by atoms with E-state index in [9.17, 15) is 0 Å². The summed E-state index contributed by atoms with van der Waals surface area (Å²) in [6, 6.07) is 5.53. The van der Waals surface area contributed by atoms with Gasteiger partial charge < -0.3 is 5.11 Å². The Morgan fingerprint density at radius 3 is 2.57 bits per heavy atom. The van der Waals surface area contributed by atoms with Gasteiger partial charge in [0.1, 0.15) is 6.61 Å². The van der Waals surface area contributed by atoms with Crippen LogP contribution in [0.2, 0.25) is 0 Å². The third-order valence-corrected chi connectivity index (χ3v) is 1.82. The molecule has 2 aromatic heterocycles. The molecule has 0 saturated carbocycles. The van der Waals surface area contributed by atoms with E-state index in [0.29, 0.717) is 5.82 Å². The van der Waals surface area contributed by atoms with E-state index in [2.05, 4.69) is 15.0 Å². The fraction of sp³-hybridized carbons (Fsp3) is 0.100. The Morgan fingerprint density at radius 1 is 1.07 bits per heavy atom. The maximum atomic E-state index is 8.87. The van der Waals surface area contributed by atoms with E-state index in [-0.39, 0.29) is 6.61 Å². The van der Waals surface area contributed by atoms with E-state index in [1.165, 1.54) is 0 Å². The number of hydrogen-bond donors (Lipinski definition) is 1. The van der Waals surface area contributed by atoms with Gasteiger partial charge in [-0.05, 0) is 18.2 Å². The Bertz CT molecular complexity index is 417. The van der Waals surface area contributed by atoms with Gasteiger partial charge in [0.25, 0.3) is 0 Å². The molecule has 2 aromatic rings. The van der Waals surface area contributed by atoms with Crippen molar-refractivity contribution in [2.75, 3.05) is 0 Å². The van der Waals surface area contributed by atoms with Crippen LogP contribution in [0.5, 0.6) is 0 Å². The number of aliphatic hydroxyl groups excluding tert-OH is 1. The lowest BCUT2D eigenvalue weighted by atomic mass is 10.2. The summed E-state index contributed by atoms with van der Waals surface area (Å²) in [5.41, 5.74) is 1.77. The fourth-order valence-electron chi connectivity index (χ4n) is 1.16. The molecule has 4 heteroatoms. The highest BCUT2D eigenvalue weighted by atomic mass is 16.3. The number of aromatic nitrogens is 3.